The molecule has 1 aliphatic carbocycles. The summed E-state index contributed by atoms with van der Waals surface area (Å²) in [4.78, 5) is 49.4. The van der Waals surface area contributed by atoms with E-state index in [1.54, 1.807) is 18.2 Å². The first kappa shape index (κ1) is 30.8. The molecule has 1 amide bonds. The number of hydrogen-bond donors (Lipinski definition) is 2. The van der Waals surface area contributed by atoms with E-state index in [1.807, 2.05) is 0 Å². The Morgan fingerprint density at radius 1 is 1.22 bits per heavy atom. The average molecular weight is 599 g/mol. The first-order valence-corrected chi connectivity index (χ1v) is 14.6. The van der Waals surface area contributed by atoms with E-state index in [0.29, 0.717) is 0 Å². The molecule has 2 heterocycles. The SMILES string of the molecule is C[C@H](NP(=O)(OC[C@H]1O[C@@H](N2C=CC(=O)CC2=O)[C@](C)(F)[C@@H]1O)Oc1ccccc1)C(=O)O[C@@H](C)C(=O)OC1CC1. The van der Waals surface area contributed by atoms with Gasteiger partial charge in [0.15, 0.2) is 23.8 Å². The van der Waals surface area contributed by atoms with E-state index in [4.69, 9.17) is 23.3 Å². The number of allylic oxidation sites excluding steroid dienone is 1. The predicted octanol–water partition coefficient (Wildman–Crippen LogP) is 1.93. The molecule has 1 saturated carbocycles. The fourth-order valence-corrected chi connectivity index (χ4v) is 5.55. The summed E-state index contributed by atoms with van der Waals surface area (Å²) in [6.45, 7) is 2.97. The van der Waals surface area contributed by atoms with Gasteiger partial charge in [-0.3, -0.25) is 23.8 Å². The van der Waals surface area contributed by atoms with Crippen molar-refractivity contribution in [2.45, 2.75) is 82.4 Å². The number of benzene rings is 1. The number of rotatable bonds is 12. The van der Waals surface area contributed by atoms with E-state index in [2.05, 4.69) is 5.09 Å². The van der Waals surface area contributed by atoms with Gasteiger partial charge in [-0.2, -0.15) is 5.09 Å². The fourth-order valence-electron chi connectivity index (χ4n) is 4.05. The number of para-hydroxylation sites is 1. The third-order valence-corrected chi connectivity index (χ3v) is 8.16. The fraction of sp³-hybridized carbons (Fsp3) is 0.538. The standard InChI is InChI=1S/C26H32FN2O11P/c1-15(23(33)37-16(2)24(34)38-18-9-10-18)28-41(35,40-19-7-5-4-6-8-19)36-14-20-22(32)26(3,27)25(39-20)29-12-11-17(30)13-21(29)31/h4-8,11-12,15-16,18,20,22,25,32H,9-10,13-14H2,1-3H3,(H,28,35)/t15-,16-,20+,22+,25+,26+,41?/m0/s1. The summed E-state index contributed by atoms with van der Waals surface area (Å²) < 4.78 is 56.2. The highest BCUT2D eigenvalue weighted by atomic mass is 31.2. The molecule has 2 fully saturated rings. The largest absolute Gasteiger partial charge is 0.460 e. The van der Waals surface area contributed by atoms with Crippen molar-refractivity contribution < 1.29 is 56.5 Å². The smallest absolute Gasteiger partial charge is 0.459 e. The van der Waals surface area contributed by atoms with E-state index >= 15 is 4.39 Å². The number of carbonyl (C=O) groups is 4. The number of alkyl halides is 1. The Kier molecular flexibility index (Phi) is 9.29. The minimum absolute atomic E-state index is 0.0973. The predicted molar refractivity (Wildman–Crippen MR) is 138 cm³/mol. The summed E-state index contributed by atoms with van der Waals surface area (Å²) in [6.07, 6.45) is -3.09. The van der Waals surface area contributed by atoms with Crippen LogP contribution in [0.3, 0.4) is 0 Å². The van der Waals surface area contributed by atoms with Gasteiger partial charge >= 0.3 is 19.7 Å². The molecule has 13 nitrogen and oxygen atoms in total. The second-order valence-electron chi connectivity index (χ2n) is 10.1. The highest BCUT2D eigenvalue weighted by molar-refractivity contribution is 7.52. The van der Waals surface area contributed by atoms with Crippen molar-refractivity contribution in [3.05, 3.63) is 42.6 Å². The van der Waals surface area contributed by atoms with Crippen molar-refractivity contribution in [1.82, 2.24) is 9.99 Å². The van der Waals surface area contributed by atoms with Crippen molar-refractivity contribution in [3.63, 3.8) is 0 Å². The molecule has 224 valence electrons. The highest BCUT2D eigenvalue weighted by Gasteiger charge is 2.57. The van der Waals surface area contributed by atoms with Gasteiger partial charge in [-0.15, -0.1) is 0 Å². The zero-order valence-corrected chi connectivity index (χ0v) is 23.5. The number of hydrogen-bond acceptors (Lipinski definition) is 11. The number of esters is 2. The summed E-state index contributed by atoms with van der Waals surface area (Å²) in [5.41, 5.74) is -2.49. The van der Waals surface area contributed by atoms with Gasteiger partial charge in [-0.25, -0.2) is 13.8 Å². The van der Waals surface area contributed by atoms with Gasteiger partial charge in [0.2, 0.25) is 5.91 Å². The van der Waals surface area contributed by atoms with E-state index in [0.717, 1.165) is 36.9 Å². The Balaban J connectivity index is 1.44. The lowest BCUT2D eigenvalue weighted by molar-refractivity contribution is -0.168. The third kappa shape index (κ3) is 7.57. The maximum absolute atomic E-state index is 15.6. The van der Waals surface area contributed by atoms with E-state index in [-0.39, 0.29) is 11.9 Å². The molecule has 0 spiro atoms. The number of ether oxygens (including phenoxy) is 3. The van der Waals surface area contributed by atoms with Gasteiger partial charge in [-0.1, -0.05) is 18.2 Å². The number of carbonyl (C=O) groups excluding carboxylic acids is 4. The molecule has 2 aliphatic heterocycles. The minimum atomic E-state index is -4.44. The van der Waals surface area contributed by atoms with Crippen LogP contribution >= 0.6 is 7.75 Å². The molecular weight excluding hydrogens is 566 g/mol. The van der Waals surface area contributed by atoms with Crippen LogP contribution in [0, 0.1) is 0 Å². The van der Waals surface area contributed by atoms with Gasteiger partial charge in [0.25, 0.3) is 0 Å². The summed E-state index contributed by atoms with van der Waals surface area (Å²) in [5, 5.41) is 13.1. The number of nitrogens with zero attached hydrogens (tertiary/aromatic N) is 1. The molecule has 2 N–H and O–H groups in total. The van der Waals surface area contributed by atoms with Crippen molar-refractivity contribution in [2.75, 3.05) is 6.61 Å². The third-order valence-electron chi connectivity index (χ3n) is 6.52. The van der Waals surface area contributed by atoms with Crippen molar-refractivity contribution >= 4 is 31.4 Å². The Morgan fingerprint density at radius 2 is 1.90 bits per heavy atom. The molecule has 0 bridgehead atoms. The van der Waals surface area contributed by atoms with Crippen LogP contribution in [0.2, 0.25) is 0 Å². The zero-order valence-electron chi connectivity index (χ0n) is 22.6. The van der Waals surface area contributed by atoms with Gasteiger partial charge in [0.1, 0.15) is 30.1 Å². The van der Waals surface area contributed by atoms with Crippen LogP contribution in [0.25, 0.3) is 0 Å². The van der Waals surface area contributed by atoms with Crippen molar-refractivity contribution in [2.24, 2.45) is 0 Å². The maximum Gasteiger partial charge on any atom is 0.459 e. The second-order valence-corrected chi connectivity index (χ2v) is 11.8. The molecule has 0 radical (unpaired) electrons. The molecule has 41 heavy (non-hydrogen) atoms. The molecule has 1 aromatic rings. The molecule has 3 aliphatic rings. The van der Waals surface area contributed by atoms with Crippen LogP contribution in [0.15, 0.2) is 42.6 Å². The lowest BCUT2D eigenvalue weighted by atomic mass is 9.97. The van der Waals surface area contributed by atoms with E-state index in [9.17, 15) is 28.8 Å². The average Bonchev–Trinajstić information content (AvgIpc) is 3.69. The number of amides is 1. The number of ketones is 1. The van der Waals surface area contributed by atoms with Crippen LogP contribution in [-0.4, -0.2) is 82.6 Å². The Hall–Kier alpha value is -3.16. The lowest BCUT2D eigenvalue weighted by Gasteiger charge is -2.32. The topological polar surface area (TPSA) is 167 Å². The summed E-state index contributed by atoms with van der Waals surface area (Å²) in [6, 6.07) is 6.51. The van der Waals surface area contributed by atoms with E-state index < -0.39 is 80.7 Å². The van der Waals surface area contributed by atoms with Gasteiger partial charge in [0, 0.05) is 6.20 Å². The normalized spacial score (nSPS) is 29.0. The first-order chi connectivity index (χ1) is 19.3. The molecule has 15 heteroatoms. The maximum atomic E-state index is 15.6. The molecule has 1 saturated heterocycles. The van der Waals surface area contributed by atoms with Crippen LogP contribution in [-0.2, 0) is 42.5 Å². The number of aliphatic hydroxyl groups is 1. The Labute approximate surface area is 235 Å². The van der Waals surface area contributed by atoms with Gasteiger partial charge < -0.3 is 23.8 Å². The van der Waals surface area contributed by atoms with Gasteiger partial charge in [0.05, 0.1) is 13.0 Å². The van der Waals surface area contributed by atoms with Crippen molar-refractivity contribution in [3.8, 4) is 5.75 Å². The lowest BCUT2D eigenvalue weighted by Crippen LogP contribution is -2.51. The Morgan fingerprint density at radius 3 is 2.54 bits per heavy atom. The molecule has 7 atom stereocenters. The minimum Gasteiger partial charge on any atom is -0.460 e. The summed E-state index contributed by atoms with van der Waals surface area (Å²) in [5.74, 6) is -2.75. The molecule has 4 rings (SSSR count). The zero-order chi connectivity index (χ0) is 29.9. The highest BCUT2D eigenvalue weighted by Crippen LogP contribution is 2.46. The van der Waals surface area contributed by atoms with Crippen LogP contribution < -0.4 is 9.61 Å². The number of aliphatic hydroxyl groups excluding tert-OH is 1. The van der Waals surface area contributed by atoms with Crippen LogP contribution in [0.4, 0.5) is 4.39 Å². The number of halogens is 1. The molecule has 1 aromatic carbocycles. The molecule has 0 aromatic heterocycles. The van der Waals surface area contributed by atoms with Crippen molar-refractivity contribution in [1.29, 1.82) is 0 Å². The second kappa shape index (κ2) is 12.4. The van der Waals surface area contributed by atoms with Crippen LogP contribution in [0.5, 0.6) is 5.75 Å². The van der Waals surface area contributed by atoms with Crippen LogP contribution in [0.1, 0.15) is 40.0 Å². The first-order valence-electron chi connectivity index (χ1n) is 13.0. The monoisotopic (exact) mass is 598 g/mol. The van der Waals surface area contributed by atoms with E-state index in [1.165, 1.54) is 26.0 Å². The number of nitrogens with one attached hydrogen (secondary N) is 1. The quantitative estimate of drug-likeness (QED) is 0.204. The molecular formula is C26H32FN2O11P. The summed E-state index contributed by atoms with van der Waals surface area (Å²) >= 11 is 0. The van der Waals surface area contributed by atoms with Gasteiger partial charge in [-0.05, 0) is 51.8 Å². The molecule has 1 unspecified atom stereocenters. The Bertz CT molecular complexity index is 1240. The summed E-state index contributed by atoms with van der Waals surface area (Å²) in [7, 11) is -4.44.